The minimum absolute atomic E-state index is 0.137. The van der Waals surface area contributed by atoms with E-state index in [0.29, 0.717) is 23.7 Å². The van der Waals surface area contributed by atoms with E-state index in [2.05, 4.69) is 4.72 Å². The van der Waals surface area contributed by atoms with Crippen LogP contribution >= 0.6 is 0 Å². The van der Waals surface area contributed by atoms with Crippen LogP contribution in [0.1, 0.15) is 42.8 Å². The van der Waals surface area contributed by atoms with Crippen LogP contribution in [0.4, 0.5) is 0 Å². The van der Waals surface area contributed by atoms with E-state index in [1.807, 2.05) is 0 Å². The molecule has 0 radical (unpaired) electrons. The van der Waals surface area contributed by atoms with Crippen molar-refractivity contribution in [1.82, 2.24) is 4.72 Å². The molecule has 0 aliphatic heterocycles. The van der Waals surface area contributed by atoms with Crippen molar-refractivity contribution in [2.45, 2.75) is 57.1 Å². The highest BCUT2D eigenvalue weighted by atomic mass is 32.2. The van der Waals surface area contributed by atoms with Crippen molar-refractivity contribution in [2.24, 2.45) is 5.73 Å². The average Bonchev–Trinajstić information content (AvgIpc) is 3.02. The van der Waals surface area contributed by atoms with Gasteiger partial charge in [0.05, 0.1) is 12.7 Å². The second-order valence-corrected chi connectivity index (χ2v) is 7.11. The highest BCUT2D eigenvalue weighted by molar-refractivity contribution is 7.89. The summed E-state index contributed by atoms with van der Waals surface area (Å²) in [5, 5.41) is 0. The summed E-state index contributed by atoms with van der Waals surface area (Å²) in [7, 11) is -3.61. The Bertz CT molecular complexity index is 574. The van der Waals surface area contributed by atoms with Gasteiger partial charge >= 0.3 is 0 Å². The molecule has 0 unspecified atom stereocenters. The first-order valence-corrected chi connectivity index (χ1v) is 8.84. The molecule has 1 fully saturated rings. The number of nitrogens with one attached hydrogen (secondary N) is 1. The smallest absolute Gasteiger partial charge is 0.244 e. The lowest BCUT2D eigenvalue weighted by Gasteiger charge is -2.12. The van der Waals surface area contributed by atoms with Gasteiger partial charge in [-0.3, -0.25) is 0 Å². The highest BCUT2D eigenvalue weighted by Gasteiger charge is 2.26. The molecule has 1 aliphatic carbocycles. The van der Waals surface area contributed by atoms with Crippen LogP contribution in [0.15, 0.2) is 9.31 Å². The molecule has 0 saturated heterocycles. The van der Waals surface area contributed by atoms with Crippen LogP contribution in [-0.2, 0) is 21.3 Å². The summed E-state index contributed by atoms with van der Waals surface area (Å²) in [6.07, 6.45) is 4.83. The summed E-state index contributed by atoms with van der Waals surface area (Å²) in [6.45, 7) is 4.13. The van der Waals surface area contributed by atoms with Crippen LogP contribution in [0, 0.1) is 13.8 Å². The average molecular weight is 316 g/mol. The summed E-state index contributed by atoms with van der Waals surface area (Å²) >= 11 is 0. The number of furan rings is 1. The maximum atomic E-state index is 12.4. The molecule has 1 saturated carbocycles. The van der Waals surface area contributed by atoms with Crippen LogP contribution < -0.4 is 10.5 Å². The molecule has 3 N–H and O–H groups in total. The Labute approximate surface area is 126 Å². The number of hydrogen-bond donors (Lipinski definition) is 2. The molecule has 2 rings (SSSR count). The van der Waals surface area contributed by atoms with Gasteiger partial charge in [0.25, 0.3) is 0 Å². The third kappa shape index (κ3) is 3.85. The van der Waals surface area contributed by atoms with Crippen molar-refractivity contribution >= 4 is 10.0 Å². The standard InChI is InChI=1S/C14H24N2O4S/c1-10-13(9-15)14(11(2)20-10)21(17,18)16-7-8-19-12-5-3-4-6-12/h12,16H,3-9,15H2,1-2H3. The lowest BCUT2D eigenvalue weighted by atomic mass is 10.2. The molecule has 0 aromatic carbocycles. The first kappa shape index (κ1) is 16.5. The van der Waals surface area contributed by atoms with Gasteiger partial charge in [-0.25, -0.2) is 13.1 Å². The predicted molar refractivity (Wildman–Crippen MR) is 79.5 cm³/mol. The molecule has 1 aliphatic rings. The molecule has 1 aromatic rings. The van der Waals surface area contributed by atoms with E-state index >= 15 is 0 Å². The predicted octanol–water partition coefficient (Wildman–Crippen LogP) is 1.59. The molecule has 7 heteroatoms. The first-order valence-electron chi connectivity index (χ1n) is 7.36. The Morgan fingerprint density at radius 3 is 2.57 bits per heavy atom. The van der Waals surface area contributed by atoms with Gasteiger partial charge in [-0.15, -0.1) is 0 Å². The zero-order valence-corrected chi connectivity index (χ0v) is 13.5. The Hall–Kier alpha value is -0.890. The van der Waals surface area contributed by atoms with Gasteiger partial charge in [0, 0.05) is 18.7 Å². The number of ether oxygens (including phenoxy) is 1. The van der Waals surface area contributed by atoms with Crippen LogP contribution in [-0.4, -0.2) is 27.7 Å². The van der Waals surface area contributed by atoms with E-state index in [9.17, 15) is 8.42 Å². The van der Waals surface area contributed by atoms with E-state index < -0.39 is 10.0 Å². The molecule has 6 nitrogen and oxygen atoms in total. The fourth-order valence-electron chi connectivity index (χ4n) is 2.83. The van der Waals surface area contributed by atoms with E-state index in [-0.39, 0.29) is 24.1 Å². The minimum Gasteiger partial charge on any atom is -0.465 e. The van der Waals surface area contributed by atoms with Crippen molar-refractivity contribution in [1.29, 1.82) is 0 Å². The van der Waals surface area contributed by atoms with Gasteiger partial charge in [-0.2, -0.15) is 0 Å². The zero-order chi connectivity index (χ0) is 15.5. The summed E-state index contributed by atoms with van der Waals surface area (Å²) in [5.41, 5.74) is 6.16. The third-order valence-corrected chi connectivity index (χ3v) is 5.50. The van der Waals surface area contributed by atoms with E-state index in [1.165, 1.54) is 12.8 Å². The summed E-state index contributed by atoms with van der Waals surface area (Å²) in [6, 6.07) is 0. The lowest BCUT2D eigenvalue weighted by molar-refractivity contribution is 0.0626. The number of rotatable bonds is 7. The maximum absolute atomic E-state index is 12.4. The van der Waals surface area contributed by atoms with Gasteiger partial charge < -0.3 is 14.9 Å². The fourth-order valence-corrected chi connectivity index (χ4v) is 4.29. The summed E-state index contributed by atoms with van der Waals surface area (Å²) in [5.74, 6) is 0.926. The van der Waals surface area contributed by atoms with Crippen LogP contribution in [0.5, 0.6) is 0 Å². The lowest BCUT2D eigenvalue weighted by Crippen LogP contribution is -2.29. The number of hydrogen-bond acceptors (Lipinski definition) is 5. The SMILES string of the molecule is Cc1oc(C)c(S(=O)(=O)NCCOC2CCCC2)c1CN. The van der Waals surface area contributed by atoms with Crippen LogP contribution in [0.25, 0.3) is 0 Å². The quantitative estimate of drug-likeness (QED) is 0.745. The van der Waals surface area contributed by atoms with Gasteiger partial charge in [0.2, 0.25) is 10.0 Å². The Morgan fingerprint density at radius 2 is 1.95 bits per heavy atom. The number of sulfonamides is 1. The highest BCUT2D eigenvalue weighted by Crippen LogP contribution is 2.26. The second kappa shape index (κ2) is 6.91. The maximum Gasteiger partial charge on any atom is 0.244 e. The molecule has 0 amide bonds. The Morgan fingerprint density at radius 1 is 1.29 bits per heavy atom. The van der Waals surface area contributed by atoms with E-state index in [0.717, 1.165) is 12.8 Å². The minimum atomic E-state index is -3.61. The van der Waals surface area contributed by atoms with Gasteiger partial charge in [0.1, 0.15) is 16.4 Å². The normalized spacial score (nSPS) is 16.7. The summed E-state index contributed by atoms with van der Waals surface area (Å²) < 4.78 is 38.3. The van der Waals surface area contributed by atoms with E-state index in [1.54, 1.807) is 13.8 Å². The van der Waals surface area contributed by atoms with Crippen molar-refractivity contribution in [3.63, 3.8) is 0 Å². The molecule has 21 heavy (non-hydrogen) atoms. The van der Waals surface area contributed by atoms with Crippen LogP contribution in [0.2, 0.25) is 0 Å². The van der Waals surface area contributed by atoms with Gasteiger partial charge in [-0.1, -0.05) is 12.8 Å². The van der Waals surface area contributed by atoms with E-state index in [4.69, 9.17) is 14.9 Å². The van der Waals surface area contributed by atoms with Crippen molar-refractivity contribution in [3.8, 4) is 0 Å². The second-order valence-electron chi connectivity index (χ2n) is 5.40. The van der Waals surface area contributed by atoms with Gasteiger partial charge in [-0.05, 0) is 26.7 Å². The molecular formula is C14H24N2O4S. The molecular weight excluding hydrogens is 292 g/mol. The molecule has 1 heterocycles. The third-order valence-electron chi connectivity index (χ3n) is 3.85. The number of nitrogens with two attached hydrogens (primary N) is 1. The van der Waals surface area contributed by atoms with Crippen molar-refractivity contribution < 1.29 is 17.6 Å². The topological polar surface area (TPSA) is 94.6 Å². The van der Waals surface area contributed by atoms with Crippen molar-refractivity contribution in [3.05, 3.63) is 17.1 Å². The van der Waals surface area contributed by atoms with Crippen LogP contribution in [0.3, 0.4) is 0 Å². The Kier molecular flexibility index (Phi) is 5.43. The fraction of sp³-hybridized carbons (Fsp3) is 0.714. The monoisotopic (exact) mass is 316 g/mol. The molecule has 0 atom stereocenters. The largest absolute Gasteiger partial charge is 0.465 e. The van der Waals surface area contributed by atoms with Gasteiger partial charge in [0.15, 0.2) is 0 Å². The Balaban J connectivity index is 1.95. The summed E-state index contributed by atoms with van der Waals surface area (Å²) in [4.78, 5) is 0.170. The first-order chi connectivity index (χ1) is 9.95. The molecule has 1 aromatic heterocycles. The number of aryl methyl sites for hydroxylation is 2. The zero-order valence-electron chi connectivity index (χ0n) is 12.6. The van der Waals surface area contributed by atoms with Crippen molar-refractivity contribution in [2.75, 3.05) is 13.2 Å². The molecule has 0 spiro atoms. The molecule has 0 bridgehead atoms. The molecule has 120 valence electrons.